The highest BCUT2D eigenvalue weighted by atomic mass is 16.5. The van der Waals surface area contributed by atoms with Gasteiger partial charge in [-0.05, 0) is 6.42 Å². The third kappa shape index (κ3) is 1.72. The van der Waals surface area contributed by atoms with E-state index in [-0.39, 0.29) is 0 Å². The molecule has 0 aliphatic carbocycles. The van der Waals surface area contributed by atoms with E-state index < -0.39 is 0 Å². The van der Waals surface area contributed by atoms with Crippen LogP contribution < -0.4 is 0 Å². The molecule has 1 aliphatic rings. The van der Waals surface area contributed by atoms with E-state index in [1.807, 2.05) is 0 Å². The molecule has 1 rings (SSSR count). The van der Waals surface area contributed by atoms with E-state index in [9.17, 15) is 5.21 Å². The van der Waals surface area contributed by atoms with Gasteiger partial charge in [0.25, 0.3) is 0 Å². The number of nitrogens with zero attached hydrogens (tertiary/aromatic N) is 1. The summed E-state index contributed by atoms with van der Waals surface area (Å²) in [5, 5.41) is 10.9. The number of hydrogen-bond donors (Lipinski definition) is 0. The summed E-state index contributed by atoms with van der Waals surface area (Å²) in [5.74, 6) is 0. The van der Waals surface area contributed by atoms with E-state index in [1.54, 1.807) is 6.21 Å². The van der Waals surface area contributed by atoms with Crippen molar-refractivity contribution in [1.29, 1.82) is 0 Å². The first kappa shape index (κ1) is 7.58. The van der Waals surface area contributed by atoms with Gasteiger partial charge in [-0.25, -0.2) is 4.74 Å². The third-order valence-electron chi connectivity index (χ3n) is 2.06. The lowest BCUT2D eigenvalue weighted by atomic mass is 10.1. The normalized spacial score (nSPS) is 24.9. The Morgan fingerprint density at radius 2 is 2.50 bits per heavy atom. The maximum atomic E-state index is 10.9. The van der Waals surface area contributed by atoms with Crippen LogP contribution in [0.5, 0.6) is 0 Å². The van der Waals surface area contributed by atoms with Gasteiger partial charge in [0.2, 0.25) is 0 Å². The fourth-order valence-corrected chi connectivity index (χ4v) is 1.38. The predicted molar refractivity (Wildman–Crippen MR) is 42.2 cm³/mol. The molecule has 0 amide bonds. The van der Waals surface area contributed by atoms with Gasteiger partial charge in [0.15, 0.2) is 12.3 Å². The standard InChI is InChI=1S/C8H15NO/c1-2-3-5-8-6-4-7-9(8)10/h7-8H,2-6H2,1H3. The molecule has 0 radical (unpaired) electrons. The molecule has 0 N–H and O–H groups in total. The lowest BCUT2D eigenvalue weighted by Gasteiger charge is -2.09. The van der Waals surface area contributed by atoms with Crippen LogP contribution >= 0.6 is 0 Å². The van der Waals surface area contributed by atoms with Crippen LogP contribution in [0.4, 0.5) is 0 Å². The van der Waals surface area contributed by atoms with Crippen molar-refractivity contribution in [1.82, 2.24) is 0 Å². The Labute approximate surface area is 62.1 Å². The minimum absolute atomic E-state index is 0.306. The maximum Gasteiger partial charge on any atom is 0.163 e. The first-order valence-electron chi connectivity index (χ1n) is 4.13. The molecular weight excluding hydrogens is 126 g/mol. The second-order valence-corrected chi connectivity index (χ2v) is 2.92. The first-order valence-corrected chi connectivity index (χ1v) is 4.13. The lowest BCUT2D eigenvalue weighted by molar-refractivity contribution is -0.489. The van der Waals surface area contributed by atoms with Crippen molar-refractivity contribution in [2.45, 2.75) is 45.1 Å². The zero-order valence-corrected chi connectivity index (χ0v) is 6.55. The van der Waals surface area contributed by atoms with Crippen LogP contribution in [0, 0.1) is 5.21 Å². The second-order valence-electron chi connectivity index (χ2n) is 2.92. The van der Waals surface area contributed by atoms with E-state index in [0.29, 0.717) is 6.04 Å². The van der Waals surface area contributed by atoms with Gasteiger partial charge >= 0.3 is 0 Å². The van der Waals surface area contributed by atoms with Crippen molar-refractivity contribution in [2.75, 3.05) is 0 Å². The van der Waals surface area contributed by atoms with Crippen LogP contribution in [0.15, 0.2) is 0 Å². The number of hydrogen-bond acceptors (Lipinski definition) is 1. The Balaban J connectivity index is 2.22. The zero-order chi connectivity index (χ0) is 7.40. The molecule has 0 aromatic carbocycles. The molecule has 0 saturated heterocycles. The molecule has 0 fully saturated rings. The Bertz CT molecular complexity index is 131. The first-order chi connectivity index (χ1) is 4.84. The van der Waals surface area contributed by atoms with Gasteiger partial charge in [-0.15, -0.1) is 0 Å². The van der Waals surface area contributed by atoms with Gasteiger partial charge in [-0.2, -0.15) is 0 Å². The van der Waals surface area contributed by atoms with Gasteiger partial charge in [0.05, 0.1) is 0 Å². The smallest absolute Gasteiger partial charge is 0.163 e. The molecular formula is C8H15NO. The summed E-state index contributed by atoms with van der Waals surface area (Å²) in [6, 6.07) is 0.306. The summed E-state index contributed by atoms with van der Waals surface area (Å²) in [5.41, 5.74) is 0. The summed E-state index contributed by atoms with van der Waals surface area (Å²) < 4.78 is 1.13. The van der Waals surface area contributed by atoms with Crippen LogP contribution in [0.3, 0.4) is 0 Å². The maximum absolute atomic E-state index is 10.9. The molecule has 1 unspecified atom stereocenters. The predicted octanol–water partition coefficient (Wildman–Crippen LogP) is 1.92. The molecule has 1 heterocycles. The Morgan fingerprint density at radius 1 is 1.70 bits per heavy atom. The summed E-state index contributed by atoms with van der Waals surface area (Å²) in [6.07, 6.45) is 7.29. The molecule has 1 aliphatic heterocycles. The number of rotatable bonds is 3. The van der Waals surface area contributed by atoms with E-state index >= 15 is 0 Å². The zero-order valence-electron chi connectivity index (χ0n) is 6.55. The molecule has 0 aromatic rings. The van der Waals surface area contributed by atoms with Crippen LogP contribution in [-0.2, 0) is 0 Å². The topological polar surface area (TPSA) is 26.1 Å². The average Bonchev–Trinajstić information content (AvgIpc) is 2.31. The van der Waals surface area contributed by atoms with Crippen molar-refractivity contribution in [3.8, 4) is 0 Å². The SMILES string of the molecule is CCCCC1CCC=[N+]1[O-]. The number of unbranched alkanes of at least 4 members (excludes halogenated alkanes) is 1. The Kier molecular flexibility index (Phi) is 2.72. The summed E-state index contributed by atoms with van der Waals surface area (Å²) in [7, 11) is 0. The minimum Gasteiger partial charge on any atom is -0.624 e. The van der Waals surface area contributed by atoms with Crippen molar-refractivity contribution < 1.29 is 4.74 Å². The van der Waals surface area contributed by atoms with Gasteiger partial charge in [-0.1, -0.05) is 13.3 Å². The van der Waals surface area contributed by atoms with Gasteiger partial charge in [0.1, 0.15) is 0 Å². The van der Waals surface area contributed by atoms with Gasteiger partial charge in [-0.3, -0.25) is 0 Å². The van der Waals surface area contributed by atoms with Crippen molar-refractivity contribution in [2.24, 2.45) is 0 Å². The fourth-order valence-electron chi connectivity index (χ4n) is 1.38. The highest BCUT2D eigenvalue weighted by Gasteiger charge is 2.19. The highest BCUT2D eigenvalue weighted by Crippen LogP contribution is 2.13. The molecule has 0 spiro atoms. The van der Waals surface area contributed by atoms with Crippen LogP contribution in [-0.4, -0.2) is 17.0 Å². The van der Waals surface area contributed by atoms with E-state index in [1.165, 1.54) is 12.8 Å². The lowest BCUT2D eigenvalue weighted by Crippen LogP contribution is -2.15. The third-order valence-corrected chi connectivity index (χ3v) is 2.06. The van der Waals surface area contributed by atoms with E-state index in [2.05, 4.69) is 6.92 Å². The highest BCUT2D eigenvalue weighted by molar-refractivity contribution is 5.52. The van der Waals surface area contributed by atoms with Crippen molar-refractivity contribution in [3.63, 3.8) is 0 Å². The fraction of sp³-hybridized carbons (Fsp3) is 0.875. The molecule has 10 heavy (non-hydrogen) atoms. The van der Waals surface area contributed by atoms with Crippen molar-refractivity contribution in [3.05, 3.63) is 5.21 Å². The summed E-state index contributed by atoms with van der Waals surface area (Å²) in [6.45, 7) is 2.16. The molecule has 2 heteroatoms. The van der Waals surface area contributed by atoms with Gasteiger partial charge in [0, 0.05) is 19.3 Å². The largest absolute Gasteiger partial charge is 0.624 e. The number of hydroxylamine groups is 1. The second kappa shape index (κ2) is 3.59. The molecule has 0 bridgehead atoms. The van der Waals surface area contributed by atoms with E-state index in [4.69, 9.17) is 0 Å². The molecule has 0 saturated carbocycles. The minimum atomic E-state index is 0.306. The Hall–Kier alpha value is -0.530. The van der Waals surface area contributed by atoms with Crippen LogP contribution in [0.25, 0.3) is 0 Å². The molecule has 58 valence electrons. The van der Waals surface area contributed by atoms with Gasteiger partial charge < -0.3 is 5.21 Å². The quantitative estimate of drug-likeness (QED) is 0.435. The molecule has 2 nitrogen and oxygen atoms in total. The monoisotopic (exact) mass is 141 g/mol. The molecule has 1 atom stereocenters. The average molecular weight is 141 g/mol. The van der Waals surface area contributed by atoms with Crippen molar-refractivity contribution >= 4 is 6.21 Å². The summed E-state index contributed by atoms with van der Waals surface area (Å²) in [4.78, 5) is 0. The molecule has 0 aromatic heterocycles. The summed E-state index contributed by atoms with van der Waals surface area (Å²) >= 11 is 0. The van der Waals surface area contributed by atoms with Crippen LogP contribution in [0.1, 0.15) is 39.0 Å². The van der Waals surface area contributed by atoms with E-state index in [0.717, 1.165) is 24.0 Å². The Morgan fingerprint density at radius 3 is 3.00 bits per heavy atom. The van der Waals surface area contributed by atoms with Crippen LogP contribution in [0.2, 0.25) is 0 Å².